The van der Waals surface area contributed by atoms with Gasteiger partial charge in [0.05, 0.1) is 18.0 Å². The van der Waals surface area contributed by atoms with Crippen LogP contribution < -0.4 is 32.6 Å². The molecule has 15 heteroatoms. The van der Waals surface area contributed by atoms with Crippen LogP contribution in [-0.4, -0.2) is 65.9 Å². The number of nitrogens with two attached hydrogens (primary N) is 3. The van der Waals surface area contributed by atoms with Crippen molar-refractivity contribution < 1.29 is 32.3 Å². The van der Waals surface area contributed by atoms with Gasteiger partial charge in [0.25, 0.3) is 0 Å². The summed E-state index contributed by atoms with van der Waals surface area (Å²) in [6.07, 6.45) is -3.60. The van der Waals surface area contributed by atoms with Crippen molar-refractivity contribution in [2.75, 3.05) is 31.5 Å². The summed E-state index contributed by atoms with van der Waals surface area (Å²) in [7, 11) is 0. The Kier molecular flexibility index (Phi) is 13.1. The topological polar surface area (TPSA) is 179 Å². The minimum atomic E-state index is -4.61. The van der Waals surface area contributed by atoms with E-state index in [-0.39, 0.29) is 61.6 Å². The number of hydrogen-bond acceptors (Lipinski definition) is 8. The largest absolute Gasteiger partial charge is 0.438 e. The van der Waals surface area contributed by atoms with E-state index < -0.39 is 35.6 Å². The maximum atomic E-state index is 13.3. The highest BCUT2D eigenvalue weighted by atomic mass is 35.5. The standard InChI is InChI=1S/C30H35ClF3N7O4/c31-23-16-20(30(32,33)34)18-38-29(23)45-22-9-7-21(8-10-22)39-28(44)25(11-6-19-4-2-1-3-5-19)40-27(43)24(37)17-26(42)41(14-12-35)15-13-36/h1-5,7-10,16,18,24-25H,6,11-15,17,35-37H2,(H,39,44)(H,40,43). The molecule has 3 aromatic rings. The maximum Gasteiger partial charge on any atom is 0.417 e. The molecule has 1 aromatic heterocycles. The number of alkyl halides is 3. The van der Waals surface area contributed by atoms with Crippen LogP contribution >= 0.6 is 11.6 Å². The number of ether oxygens (including phenoxy) is 1. The number of nitrogens with one attached hydrogen (secondary N) is 2. The number of amides is 3. The molecule has 0 fully saturated rings. The average molecular weight is 650 g/mol. The van der Waals surface area contributed by atoms with Gasteiger partial charge in [-0.15, -0.1) is 0 Å². The van der Waals surface area contributed by atoms with Crippen molar-refractivity contribution in [3.63, 3.8) is 0 Å². The fourth-order valence-electron chi connectivity index (χ4n) is 4.19. The molecular weight excluding hydrogens is 615 g/mol. The number of carbonyl (C=O) groups is 3. The van der Waals surface area contributed by atoms with Gasteiger partial charge >= 0.3 is 6.18 Å². The van der Waals surface area contributed by atoms with Crippen LogP contribution in [-0.2, 0) is 27.0 Å². The highest BCUT2D eigenvalue weighted by molar-refractivity contribution is 6.31. The molecule has 11 nitrogen and oxygen atoms in total. The van der Waals surface area contributed by atoms with Crippen molar-refractivity contribution in [2.45, 2.75) is 37.5 Å². The third kappa shape index (κ3) is 11.0. The Balaban J connectivity index is 1.67. The van der Waals surface area contributed by atoms with Crippen molar-refractivity contribution >= 4 is 35.0 Å². The highest BCUT2D eigenvalue weighted by Gasteiger charge is 2.32. The zero-order chi connectivity index (χ0) is 33.0. The minimum Gasteiger partial charge on any atom is -0.438 e. The van der Waals surface area contributed by atoms with Crippen LogP contribution in [0.1, 0.15) is 24.0 Å². The van der Waals surface area contributed by atoms with E-state index in [0.29, 0.717) is 24.4 Å². The van der Waals surface area contributed by atoms with Gasteiger partial charge in [0.2, 0.25) is 23.6 Å². The van der Waals surface area contributed by atoms with Crippen LogP contribution in [0.3, 0.4) is 0 Å². The molecule has 242 valence electrons. The Morgan fingerprint density at radius 3 is 2.20 bits per heavy atom. The van der Waals surface area contributed by atoms with E-state index in [0.717, 1.165) is 5.56 Å². The fraction of sp³-hybridized carbons (Fsp3) is 0.333. The summed E-state index contributed by atoms with van der Waals surface area (Å²) >= 11 is 5.91. The third-order valence-corrected chi connectivity index (χ3v) is 6.82. The average Bonchev–Trinajstić information content (AvgIpc) is 3.00. The van der Waals surface area contributed by atoms with E-state index in [1.807, 2.05) is 30.3 Å². The summed E-state index contributed by atoms with van der Waals surface area (Å²) in [5.41, 5.74) is 17.4. The van der Waals surface area contributed by atoms with Crippen molar-refractivity contribution in [1.29, 1.82) is 0 Å². The molecule has 0 aliphatic rings. The number of halogens is 4. The van der Waals surface area contributed by atoms with Crippen LogP contribution in [0.2, 0.25) is 5.02 Å². The molecule has 2 aromatic carbocycles. The predicted octanol–water partition coefficient (Wildman–Crippen LogP) is 3.07. The first-order valence-electron chi connectivity index (χ1n) is 14.0. The van der Waals surface area contributed by atoms with Gasteiger partial charge < -0.3 is 37.5 Å². The fourth-order valence-corrected chi connectivity index (χ4v) is 4.39. The van der Waals surface area contributed by atoms with Crippen LogP contribution in [0.4, 0.5) is 18.9 Å². The lowest BCUT2D eigenvalue weighted by molar-refractivity contribution is -0.138. The van der Waals surface area contributed by atoms with Crippen LogP contribution in [0.5, 0.6) is 11.6 Å². The molecule has 0 radical (unpaired) electrons. The number of aryl methyl sites for hydroxylation is 1. The second kappa shape index (κ2) is 16.7. The third-order valence-electron chi connectivity index (χ3n) is 6.55. The molecule has 2 unspecified atom stereocenters. The molecule has 0 saturated heterocycles. The molecule has 3 rings (SSSR count). The Morgan fingerprint density at radius 2 is 1.62 bits per heavy atom. The number of nitrogens with zero attached hydrogens (tertiary/aromatic N) is 2. The van der Waals surface area contributed by atoms with E-state index in [1.54, 1.807) is 0 Å². The van der Waals surface area contributed by atoms with Gasteiger partial charge in [0.1, 0.15) is 16.8 Å². The lowest BCUT2D eigenvalue weighted by Crippen LogP contribution is -2.52. The molecular formula is C30H35ClF3N7O4. The van der Waals surface area contributed by atoms with Gasteiger partial charge in [-0.3, -0.25) is 14.4 Å². The monoisotopic (exact) mass is 649 g/mol. The Morgan fingerprint density at radius 1 is 0.978 bits per heavy atom. The predicted molar refractivity (Wildman–Crippen MR) is 163 cm³/mol. The van der Waals surface area contributed by atoms with Crippen molar-refractivity contribution in [2.24, 2.45) is 17.2 Å². The Bertz CT molecular complexity index is 1420. The van der Waals surface area contributed by atoms with Gasteiger partial charge in [-0.1, -0.05) is 41.9 Å². The SMILES string of the molecule is NCCN(CCN)C(=O)CC(N)C(=O)NC(CCc1ccccc1)C(=O)Nc1ccc(Oc2ncc(C(F)(F)F)cc2Cl)cc1. The highest BCUT2D eigenvalue weighted by Crippen LogP contribution is 2.34. The normalized spacial score (nSPS) is 12.6. The van der Waals surface area contributed by atoms with Crippen LogP contribution in [0.15, 0.2) is 66.9 Å². The zero-order valence-electron chi connectivity index (χ0n) is 24.2. The molecule has 8 N–H and O–H groups in total. The molecule has 3 amide bonds. The number of pyridine rings is 1. The number of rotatable bonds is 15. The smallest absolute Gasteiger partial charge is 0.417 e. The zero-order valence-corrected chi connectivity index (χ0v) is 25.0. The first-order valence-corrected chi connectivity index (χ1v) is 14.4. The van der Waals surface area contributed by atoms with Crippen molar-refractivity contribution in [1.82, 2.24) is 15.2 Å². The number of anilines is 1. The summed E-state index contributed by atoms with van der Waals surface area (Å²) in [4.78, 5) is 44.0. The van der Waals surface area contributed by atoms with Gasteiger partial charge in [-0.2, -0.15) is 13.2 Å². The molecule has 0 bridgehead atoms. The van der Waals surface area contributed by atoms with Gasteiger partial charge in [0.15, 0.2) is 0 Å². The molecule has 45 heavy (non-hydrogen) atoms. The second-order valence-corrected chi connectivity index (χ2v) is 10.4. The number of carbonyl (C=O) groups excluding carboxylic acids is 3. The lowest BCUT2D eigenvalue weighted by Gasteiger charge is -2.24. The van der Waals surface area contributed by atoms with Crippen LogP contribution in [0, 0.1) is 0 Å². The molecule has 0 aliphatic heterocycles. The van der Waals surface area contributed by atoms with E-state index in [4.69, 9.17) is 33.5 Å². The van der Waals surface area contributed by atoms with Gasteiger partial charge in [-0.25, -0.2) is 4.98 Å². The number of benzene rings is 2. The molecule has 0 saturated carbocycles. The quantitative estimate of drug-likeness (QED) is 0.167. The van der Waals surface area contributed by atoms with Crippen molar-refractivity contribution in [3.8, 4) is 11.6 Å². The molecule has 0 aliphatic carbocycles. The first-order chi connectivity index (χ1) is 21.4. The van der Waals surface area contributed by atoms with Crippen molar-refractivity contribution in [3.05, 3.63) is 83.0 Å². The minimum absolute atomic E-state index is 0.199. The van der Waals surface area contributed by atoms with Gasteiger partial charge in [0, 0.05) is 38.1 Å². The van der Waals surface area contributed by atoms with Gasteiger partial charge in [-0.05, 0) is 48.7 Å². The summed E-state index contributed by atoms with van der Waals surface area (Å²) < 4.78 is 44.1. The Labute approximate surface area is 263 Å². The van der Waals surface area contributed by atoms with E-state index in [2.05, 4.69) is 15.6 Å². The second-order valence-electron chi connectivity index (χ2n) is 9.98. The summed E-state index contributed by atoms with van der Waals surface area (Å²) in [6.45, 7) is 0.984. The Hall–Kier alpha value is -4.24. The van der Waals surface area contributed by atoms with E-state index in [9.17, 15) is 27.6 Å². The first kappa shape index (κ1) is 35.2. The summed E-state index contributed by atoms with van der Waals surface area (Å²) in [5.74, 6) is -1.62. The van der Waals surface area contributed by atoms with E-state index in [1.165, 1.54) is 29.2 Å². The summed E-state index contributed by atoms with van der Waals surface area (Å²) in [6, 6.07) is 13.7. The summed E-state index contributed by atoms with van der Waals surface area (Å²) in [5, 5.41) is 5.05. The number of hydrogen-bond donors (Lipinski definition) is 5. The van der Waals surface area contributed by atoms with E-state index >= 15 is 0 Å². The maximum absolute atomic E-state index is 13.3. The molecule has 0 spiro atoms. The number of aromatic nitrogens is 1. The lowest BCUT2D eigenvalue weighted by atomic mass is 10.0. The van der Waals surface area contributed by atoms with Crippen LogP contribution in [0.25, 0.3) is 0 Å². The molecule has 1 heterocycles. The molecule has 2 atom stereocenters.